The highest BCUT2D eigenvalue weighted by Gasteiger charge is 2.11. The minimum atomic E-state index is -0.670. The van der Waals surface area contributed by atoms with Crippen molar-refractivity contribution in [3.63, 3.8) is 0 Å². The number of carbonyl (C=O) groups is 1. The molecule has 0 bridgehead atoms. The van der Waals surface area contributed by atoms with Gasteiger partial charge in [-0.1, -0.05) is 0 Å². The third kappa shape index (κ3) is 2.90. The fourth-order valence-corrected chi connectivity index (χ4v) is 1.71. The molecule has 1 heterocycles. The number of aromatic nitrogens is 1. The van der Waals surface area contributed by atoms with Crippen LogP contribution < -0.4 is 11.1 Å². The summed E-state index contributed by atoms with van der Waals surface area (Å²) in [7, 11) is 0. The van der Waals surface area contributed by atoms with Gasteiger partial charge in [0.1, 0.15) is 11.6 Å². The summed E-state index contributed by atoms with van der Waals surface area (Å²) in [5.41, 5.74) is 6.63. The van der Waals surface area contributed by atoms with E-state index in [0.29, 0.717) is 11.3 Å². The van der Waals surface area contributed by atoms with Crippen LogP contribution in [0.15, 0.2) is 30.3 Å². The molecule has 3 N–H and O–H groups in total. The molecule has 1 amide bonds. The van der Waals surface area contributed by atoms with Gasteiger partial charge in [-0.15, -0.1) is 0 Å². The molecule has 0 atom stereocenters. The van der Waals surface area contributed by atoms with Crippen LogP contribution in [0.3, 0.4) is 0 Å². The standard InChI is InChI=1S/C14H11FN4O/c1-8-4-10(6-13(17)18-8)14(20)19-12-3-2-9(7-16)5-11(12)15/h2-6H,1H3,(H2,17,18)(H,19,20). The van der Waals surface area contributed by atoms with Crippen LogP contribution in [0, 0.1) is 24.1 Å². The average molecular weight is 270 g/mol. The van der Waals surface area contributed by atoms with E-state index >= 15 is 0 Å². The SMILES string of the molecule is Cc1cc(C(=O)Nc2ccc(C#N)cc2F)cc(N)n1. The fraction of sp³-hybridized carbons (Fsp3) is 0.0714. The molecule has 0 aliphatic heterocycles. The first-order valence-electron chi connectivity index (χ1n) is 5.75. The van der Waals surface area contributed by atoms with Crippen LogP contribution in [0.2, 0.25) is 0 Å². The quantitative estimate of drug-likeness (QED) is 0.875. The summed E-state index contributed by atoms with van der Waals surface area (Å²) in [5.74, 6) is -0.947. The molecule has 2 rings (SSSR count). The third-order valence-electron chi connectivity index (χ3n) is 2.58. The lowest BCUT2D eigenvalue weighted by molar-refractivity contribution is 0.102. The van der Waals surface area contributed by atoms with Crippen molar-refractivity contribution in [1.82, 2.24) is 4.98 Å². The van der Waals surface area contributed by atoms with Gasteiger partial charge in [-0.05, 0) is 37.3 Å². The van der Waals surface area contributed by atoms with E-state index in [0.717, 1.165) is 6.07 Å². The summed E-state index contributed by atoms with van der Waals surface area (Å²) in [6, 6.07) is 8.59. The first-order valence-corrected chi connectivity index (χ1v) is 5.75. The van der Waals surface area contributed by atoms with E-state index in [2.05, 4.69) is 10.3 Å². The maximum absolute atomic E-state index is 13.7. The van der Waals surface area contributed by atoms with E-state index in [4.69, 9.17) is 11.0 Å². The Labute approximate surface area is 114 Å². The number of anilines is 2. The van der Waals surface area contributed by atoms with Gasteiger partial charge in [-0.2, -0.15) is 5.26 Å². The van der Waals surface area contributed by atoms with Gasteiger partial charge in [0.2, 0.25) is 0 Å². The minimum absolute atomic E-state index is 0.00189. The molecule has 0 unspecified atom stereocenters. The molecule has 1 aromatic heterocycles. The minimum Gasteiger partial charge on any atom is -0.384 e. The number of nitrogens with one attached hydrogen (secondary N) is 1. The number of halogens is 1. The molecule has 0 radical (unpaired) electrons. The van der Waals surface area contributed by atoms with Crippen LogP contribution in [0.4, 0.5) is 15.9 Å². The largest absolute Gasteiger partial charge is 0.384 e. The van der Waals surface area contributed by atoms with Gasteiger partial charge in [0.25, 0.3) is 5.91 Å². The number of pyridine rings is 1. The van der Waals surface area contributed by atoms with Gasteiger partial charge in [-0.25, -0.2) is 9.37 Å². The second kappa shape index (κ2) is 5.36. The maximum Gasteiger partial charge on any atom is 0.255 e. The number of aryl methyl sites for hydroxylation is 1. The number of hydrogen-bond acceptors (Lipinski definition) is 4. The number of nitrogens with two attached hydrogens (primary N) is 1. The fourth-order valence-electron chi connectivity index (χ4n) is 1.71. The lowest BCUT2D eigenvalue weighted by Crippen LogP contribution is -2.14. The Balaban J connectivity index is 2.26. The zero-order chi connectivity index (χ0) is 14.7. The van der Waals surface area contributed by atoms with Crippen molar-refractivity contribution >= 4 is 17.4 Å². The number of nitrogen functional groups attached to an aromatic ring is 1. The normalized spacial score (nSPS) is 9.85. The molecule has 6 heteroatoms. The third-order valence-corrected chi connectivity index (χ3v) is 2.58. The molecule has 0 aliphatic carbocycles. The number of nitriles is 1. The number of hydrogen-bond donors (Lipinski definition) is 2. The van der Waals surface area contributed by atoms with E-state index in [1.807, 2.05) is 6.07 Å². The Hall–Kier alpha value is -2.94. The van der Waals surface area contributed by atoms with Crippen LogP contribution in [-0.4, -0.2) is 10.9 Å². The van der Waals surface area contributed by atoms with E-state index in [-0.39, 0.29) is 17.1 Å². The highest BCUT2D eigenvalue weighted by Crippen LogP contribution is 2.17. The maximum atomic E-state index is 13.7. The Bertz CT molecular complexity index is 701. The van der Waals surface area contributed by atoms with E-state index in [1.165, 1.54) is 18.2 Å². The Morgan fingerprint density at radius 1 is 1.40 bits per heavy atom. The number of rotatable bonds is 2. The van der Waals surface area contributed by atoms with Crippen molar-refractivity contribution < 1.29 is 9.18 Å². The van der Waals surface area contributed by atoms with Crippen LogP contribution in [0.25, 0.3) is 0 Å². The first kappa shape index (κ1) is 13.5. The lowest BCUT2D eigenvalue weighted by atomic mass is 10.2. The van der Waals surface area contributed by atoms with Crippen molar-refractivity contribution in [3.8, 4) is 6.07 Å². The van der Waals surface area contributed by atoms with Crippen molar-refractivity contribution in [2.75, 3.05) is 11.1 Å². The molecule has 2 aromatic rings. The zero-order valence-corrected chi connectivity index (χ0v) is 10.6. The van der Waals surface area contributed by atoms with Crippen molar-refractivity contribution in [1.29, 1.82) is 5.26 Å². The molecule has 1 aromatic carbocycles. The molecular formula is C14H11FN4O. The average Bonchev–Trinajstić information content (AvgIpc) is 2.39. The van der Waals surface area contributed by atoms with Crippen molar-refractivity contribution in [2.24, 2.45) is 0 Å². The van der Waals surface area contributed by atoms with E-state index < -0.39 is 11.7 Å². The van der Waals surface area contributed by atoms with Crippen LogP contribution >= 0.6 is 0 Å². The van der Waals surface area contributed by atoms with Crippen LogP contribution in [0.1, 0.15) is 21.6 Å². The van der Waals surface area contributed by atoms with Gasteiger partial charge >= 0.3 is 0 Å². The summed E-state index contributed by atoms with van der Waals surface area (Å²) in [6.45, 7) is 1.70. The second-order valence-electron chi connectivity index (χ2n) is 4.18. The highest BCUT2D eigenvalue weighted by atomic mass is 19.1. The summed E-state index contributed by atoms with van der Waals surface area (Å²) in [5, 5.41) is 11.1. The molecule has 100 valence electrons. The molecule has 0 saturated carbocycles. The predicted molar refractivity (Wildman–Crippen MR) is 72.5 cm³/mol. The number of benzene rings is 1. The monoisotopic (exact) mass is 270 g/mol. The molecule has 0 fully saturated rings. The molecule has 5 nitrogen and oxygen atoms in total. The number of carbonyl (C=O) groups excluding carboxylic acids is 1. The lowest BCUT2D eigenvalue weighted by Gasteiger charge is -2.07. The summed E-state index contributed by atoms with van der Waals surface area (Å²) in [6.07, 6.45) is 0. The van der Waals surface area contributed by atoms with Gasteiger partial charge in [0.05, 0.1) is 17.3 Å². The number of nitrogens with zero attached hydrogens (tertiary/aromatic N) is 2. The molecule has 0 spiro atoms. The highest BCUT2D eigenvalue weighted by molar-refractivity contribution is 6.04. The van der Waals surface area contributed by atoms with Crippen molar-refractivity contribution in [3.05, 3.63) is 53.0 Å². The number of amides is 1. The molecular weight excluding hydrogens is 259 g/mol. The summed E-state index contributed by atoms with van der Waals surface area (Å²) < 4.78 is 13.7. The van der Waals surface area contributed by atoms with Gasteiger partial charge in [0.15, 0.2) is 0 Å². The van der Waals surface area contributed by atoms with Gasteiger partial charge < -0.3 is 11.1 Å². The molecule has 0 saturated heterocycles. The Morgan fingerprint density at radius 3 is 2.75 bits per heavy atom. The van der Waals surface area contributed by atoms with E-state index in [1.54, 1.807) is 13.0 Å². The molecule has 20 heavy (non-hydrogen) atoms. The predicted octanol–water partition coefficient (Wildman–Crippen LogP) is 2.24. The van der Waals surface area contributed by atoms with Crippen LogP contribution in [0.5, 0.6) is 0 Å². The molecule has 0 aliphatic rings. The Morgan fingerprint density at radius 2 is 2.15 bits per heavy atom. The topological polar surface area (TPSA) is 91.8 Å². The summed E-state index contributed by atoms with van der Waals surface area (Å²) in [4.78, 5) is 16.0. The van der Waals surface area contributed by atoms with Gasteiger partial charge in [-0.3, -0.25) is 4.79 Å². The van der Waals surface area contributed by atoms with Gasteiger partial charge in [0, 0.05) is 11.3 Å². The zero-order valence-electron chi connectivity index (χ0n) is 10.6. The van der Waals surface area contributed by atoms with E-state index in [9.17, 15) is 9.18 Å². The van der Waals surface area contributed by atoms with Crippen molar-refractivity contribution in [2.45, 2.75) is 6.92 Å². The Kier molecular flexibility index (Phi) is 3.62. The summed E-state index contributed by atoms with van der Waals surface area (Å²) >= 11 is 0. The first-order chi connectivity index (χ1) is 9.49. The smallest absolute Gasteiger partial charge is 0.255 e. The van der Waals surface area contributed by atoms with Crippen LogP contribution in [-0.2, 0) is 0 Å². The second-order valence-corrected chi connectivity index (χ2v) is 4.18.